The van der Waals surface area contributed by atoms with Crippen LogP contribution in [0.5, 0.6) is 0 Å². The summed E-state index contributed by atoms with van der Waals surface area (Å²) in [6.07, 6.45) is 0.822. The highest BCUT2D eigenvalue weighted by Crippen LogP contribution is 2.40. The van der Waals surface area contributed by atoms with Crippen molar-refractivity contribution in [3.05, 3.63) is 108 Å². The Morgan fingerprint density at radius 2 is 1.21 bits per heavy atom. The molecule has 0 spiro atoms. The van der Waals surface area contributed by atoms with E-state index >= 15 is 0 Å². The second-order valence-corrected chi connectivity index (χ2v) is 7.44. The van der Waals surface area contributed by atoms with E-state index in [-0.39, 0.29) is 19.6 Å². The molecule has 0 atom stereocenters. The van der Waals surface area contributed by atoms with Crippen LogP contribution in [0.15, 0.2) is 91.0 Å². The molecule has 1 fully saturated rings. The molecule has 0 aliphatic carbocycles. The number of carboxylic acid groups (broad SMARTS) is 1. The van der Waals surface area contributed by atoms with Crippen molar-refractivity contribution in [3.63, 3.8) is 0 Å². The molecule has 29 heavy (non-hydrogen) atoms. The first-order chi connectivity index (χ1) is 14.1. The van der Waals surface area contributed by atoms with E-state index in [1.807, 2.05) is 91.0 Å². The summed E-state index contributed by atoms with van der Waals surface area (Å²) in [5, 5.41) is 9.93. The van der Waals surface area contributed by atoms with E-state index in [2.05, 4.69) is 0 Å². The average Bonchev–Trinajstić information content (AvgIpc) is 2.80. The summed E-state index contributed by atoms with van der Waals surface area (Å²) in [5.74, 6) is -2.72. The van der Waals surface area contributed by atoms with E-state index in [9.17, 15) is 9.90 Å². The van der Waals surface area contributed by atoms with Crippen molar-refractivity contribution in [2.24, 2.45) is 0 Å². The average molecular weight is 388 g/mol. The molecule has 1 aliphatic heterocycles. The van der Waals surface area contributed by atoms with Crippen LogP contribution in [0.3, 0.4) is 0 Å². The summed E-state index contributed by atoms with van der Waals surface area (Å²) < 4.78 is 12.1. The Hall–Kier alpha value is -2.95. The number of benzene rings is 3. The van der Waals surface area contributed by atoms with Gasteiger partial charge in [-0.25, -0.2) is 4.79 Å². The van der Waals surface area contributed by atoms with Gasteiger partial charge in [0.1, 0.15) is 0 Å². The molecule has 1 saturated heterocycles. The Kier molecular flexibility index (Phi) is 5.47. The van der Waals surface area contributed by atoms with Crippen molar-refractivity contribution in [2.75, 3.05) is 13.2 Å². The highest BCUT2D eigenvalue weighted by atomic mass is 16.7. The van der Waals surface area contributed by atoms with Crippen LogP contribution in [0.1, 0.15) is 23.1 Å². The lowest BCUT2D eigenvalue weighted by molar-refractivity contribution is -0.282. The van der Waals surface area contributed by atoms with Crippen molar-refractivity contribution < 1.29 is 19.4 Å². The Morgan fingerprint density at radius 3 is 1.66 bits per heavy atom. The van der Waals surface area contributed by atoms with Crippen LogP contribution in [-0.4, -0.2) is 30.1 Å². The molecule has 4 heteroatoms. The molecular weight excluding hydrogens is 364 g/mol. The quantitative estimate of drug-likeness (QED) is 0.679. The number of aliphatic carboxylic acids is 1. The van der Waals surface area contributed by atoms with Gasteiger partial charge in [-0.3, -0.25) is 0 Å². The number of ether oxygens (including phenoxy) is 2. The summed E-state index contributed by atoms with van der Waals surface area (Å²) in [6.45, 7) is 0.476. The van der Waals surface area contributed by atoms with Crippen LogP contribution >= 0.6 is 0 Å². The normalized spacial score (nSPS) is 17.5. The van der Waals surface area contributed by atoms with Crippen molar-refractivity contribution in [2.45, 2.75) is 24.0 Å². The molecule has 148 valence electrons. The van der Waals surface area contributed by atoms with Gasteiger partial charge in [0.25, 0.3) is 5.79 Å². The smallest absolute Gasteiger partial charge is 0.364 e. The van der Waals surface area contributed by atoms with E-state index in [4.69, 9.17) is 9.47 Å². The molecule has 0 saturated carbocycles. The minimum atomic E-state index is -1.64. The lowest BCUT2D eigenvalue weighted by Gasteiger charge is -2.45. The van der Waals surface area contributed by atoms with Gasteiger partial charge in [-0.2, -0.15) is 0 Å². The lowest BCUT2D eigenvalue weighted by atomic mass is 9.75. The van der Waals surface area contributed by atoms with Gasteiger partial charge in [0.2, 0.25) is 0 Å². The summed E-state index contributed by atoms with van der Waals surface area (Å²) in [4.78, 5) is 12.1. The van der Waals surface area contributed by atoms with Gasteiger partial charge in [0.05, 0.1) is 18.6 Å². The monoisotopic (exact) mass is 388 g/mol. The first-order valence-electron chi connectivity index (χ1n) is 9.81. The molecule has 3 aromatic carbocycles. The zero-order chi connectivity index (χ0) is 20.2. The molecule has 1 aliphatic rings. The molecule has 0 aromatic heterocycles. The first kappa shape index (κ1) is 19.4. The SMILES string of the molecule is O=C(O)C1(CCc2ccccc2)OCC(c2ccccc2)(c2ccccc2)CO1. The van der Waals surface area contributed by atoms with E-state index < -0.39 is 17.2 Å². The van der Waals surface area contributed by atoms with Gasteiger partial charge >= 0.3 is 5.97 Å². The predicted molar refractivity (Wildman–Crippen MR) is 111 cm³/mol. The van der Waals surface area contributed by atoms with Crippen molar-refractivity contribution in [1.82, 2.24) is 0 Å². The molecule has 3 aromatic rings. The Balaban J connectivity index is 1.62. The van der Waals surface area contributed by atoms with Crippen molar-refractivity contribution >= 4 is 5.97 Å². The standard InChI is InChI=1S/C25H24O4/c26-23(27)25(17-16-20-10-4-1-5-11-20)28-18-24(19-29-25,21-12-6-2-7-13-21)22-14-8-3-9-15-22/h1-15H,16-19H2,(H,26,27). The van der Waals surface area contributed by atoms with Gasteiger partial charge in [-0.1, -0.05) is 91.0 Å². The maximum atomic E-state index is 12.1. The van der Waals surface area contributed by atoms with E-state index in [1.54, 1.807) is 0 Å². The second kappa shape index (κ2) is 8.19. The second-order valence-electron chi connectivity index (χ2n) is 7.44. The zero-order valence-corrected chi connectivity index (χ0v) is 16.2. The number of rotatable bonds is 6. The largest absolute Gasteiger partial charge is 0.477 e. The molecular formula is C25H24O4. The van der Waals surface area contributed by atoms with E-state index in [0.29, 0.717) is 6.42 Å². The summed E-state index contributed by atoms with van der Waals surface area (Å²) in [7, 11) is 0. The number of carbonyl (C=O) groups is 1. The van der Waals surface area contributed by atoms with Crippen molar-refractivity contribution in [3.8, 4) is 0 Å². The fraction of sp³-hybridized carbons (Fsp3) is 0.240. The van der Waals surface area contributed by atoms with Crippen LogP contribution in [0.25, 0.3) is 0 Å². The third-order valence-corrected chi connectivity index (χ3v) is 5.67. The summed E-state index contributed by atoms with van der Waals surface area (Å²) >= 11 is 0. The molecule has 4 rings (SSSR count). The fourth-order valence-electron chi connectivity index (χ4n) is 3.91. The number of carboxylic acids is 1. The zero-order valence-electron chi connectivity index (χ0n) is 16.2. The van der Waals surface area contributed by atoms with Gasteiger partial charge in [0.15, 0.2) is 0 Å². The molecule has 0 amide bonds. The van der Waals surface area contributed by atoms with E-state index in [0.717, 1.165) is 16.7 Å². The van der Waals surface area contributed by atoms with Gasteiger partial charge < -0.3 is 14.6 Å². The topological polar surface area (TPSA) is 55.8 Å². The van der Waals surface area contributed by atoms with Crippen LogP contribution in [0.2, 0.25) is 0 Å². The van der Waals surface area contributed by atoms with Crippen LogP contribution in [-0.2, 0) is 26.1 Å². The third-order valence-electron chi connectivity index (χ3n) is 5.67. The van der Waals surface area contributed by atoms with Crippen LogP contribution < -0.4 is 0 Å². The number of hydrogen-bond donors (Lipinski definition) is 1. The molecule has 1 N–H and O–H groups in total. The summed E-state index contributed by atoms with van der Waals surface area (Å²) in [5.41, 5.74) is 2.61. The number of hydrogen-bond acceptors (Lipinski definition) is 3. The predicted octanol–water partition coefficient (Wildman–Crippen LogP) is 4.43. The van der Waals surface area contributed by atoms with Gasteiger partial charge in [-0.05, 0) is 23.1 Å². The van der Waals surface area contributed by atoms with E-state index in [1.165, 1.54) is 0 Å². The lowest BCUT2D eigenvalue weighted by Crippen LogP contribution is -2.56. The fourth-order valence-corrected chi connectivity index (χ4v) is 3.91. The van der Waals surface area contributed by atoms with Gasteiger partial charge in [0, 0.05) is 6.42 Å². The molecule has 0 radical (unpaired) electrons. The van der Waals surface area contributed by atoms with Gasteiger partial charge in [-0.15, -0.1) is 0 Å². The highest BCUT2D eigenvalue weighted by molar-refractivity contribution is 5.76. The highest BCUT2D eigenvalue weighted by Gasteiger charge is 2.51. The maximum absolute atomic E-state index is 12.1. The Morgan fingerprint density at radius 1 is 0.759 bits per heavy atom. The Labute approximate surface area is 170 Å². The molecule has 4 nitrogen and oxygen atoms in total. The van der Waals surface area contributed by atoms with Crippen molar-refractivity contribution in [1.29, 1.82) is 0 Å². The maximum Gasteiger partial charge on any atom is 0.364 e. The third kappa shape index (κ3) is 3.82. The van der Waals surface area contributed by atoms with Crippen LogP contribution in [0.4, 0.5) is 0 Å². The van der Waals surface area contributed by atoms with Crippen LogP contribution in [0, 0.1) is 0 Å². The summed E-state index contributed by atoms with van der Waals surface area (Å²) in [6, 6.07) is 29.8. The number of aryl methyl sites for hydroxylation is 1. The molecule has 0 unspecified atom stereocenters. The minimum absolute atomic E-state index is 0.238. The minimum Gasteiger partial charge on any atom is -0.477 e. The molecule has 0 bridgehead atoms. The Bertz CT molecular complexity index is 889. The first-order valence-corrected chi connectivity index (χ1v) is 9.81. The molecule has 1 heterocycles.